The number of ether oxygens (including phenoxy) is 3. The van der Waals surface area contributed by atoms with E-state index in [1.165, 1.54) is 18.4 Å². The average Bonchev–Trinajstić information content (AvgIpc) is 3.47. The minimum absolute atomic E-state index is 0.553. The molecule has 0 amide bonds. The molecular formula is C20H22ClNO3. The molecule has 0 spiro atoms. The van der Waals surface area contributed by atoms with Crippen molar-refractivity contribution in [2.24, 2.45) is 0 Å². The first-order chi connectivity index (χ1) is 12.2. The number of hydrogen-bond donors (Lipinski definition) is 0. The molecule has 1 heterocycles. The standard InChI is InChI=1S/C20H22ClNO3/c1-23-17-6-2-14(3-7-17)12-22(16-4-5-16)13-15-10-18(21)20-19(11-15)24-8-9-25-20/h2-3,6-7,10-11,16H,4-5,8-9,12-13H2,1H3. The fourth-order valence-electron chi connectivity index (χ4n) is 3.21. The van der Waals surface area contributed by atoms with Gasteiger partial charge in [-0.1, -0.05) is 23.7 Å². The summed E-state index contributed by atoms with van der Waals surface area (Å²) in [5.41, 5.74) is 2.45. The molecule has 25 heavy (non-hydrogen) atoms. The van der Waals surface area contributed by atoms with Crippen molar-refractivity contribution in [3.8, 4) is 17.2 Å². The Morgan fingerprint density at radius 1 is 1.04 bits per heavy atom. The summed E-state index contributed by atoms with van der Waals surface area (Å²) in [6.07, 6.45) is 2.52. The van der Waals surface area contributed by atoms with Crippen LogP contribution in [0.25, 0.3) is 0 Å². The molecule has 0 unspecified atom stereocenters. The van der Waals surface area contributed by atoms with Crippen molar-refractivity contribution in [1.29, 1.82) is 0 Å². The average molecular weight is 360 g/mol. The molecule has 2 aliphatic rings. The summed E-state index contributed by atoms with van der Waals surface area (Å²) >= 11 is 6.38. The van der Waals surface area contributed by atoms with Crippen molar-refractivity contribution in [3.63, 3.8) is 0 Å². The molecule has 0 aromatic heterocycles. The molecular weight excluding hydrogens is 338 g/mol. The molecule has 4 nitrogen and oxygen atoms in total. The third-order valence-electron chi connectivity index (χ3n) is 4.65. The highest BCUT2D eigenvalue weighted by atomic mass is 35.5. The first-order valence-electron chi connectivity index (χ1n) is 8.68. The van der Waals surface area contributed by atoms with Crippen LogP contribution in [0.15, 0.2) is 36.4 Å². The Kier molecular flexibility index (Phi) is 4.73. The van der Waals surface area contributed by atoms with Crippen molar-refractivity contribution >= 4 is 11.6 Å². The Hall–Kier alpha value is -1.91. The summed E-state index contributed by atoms with van der Waals surface area (Å²) in [5.74, 6) is 2.32. The van der Waals surface area contributed by atoms with Crippen LogP contribution in [0.2, 0.25) is 5.02 Å². The summed E-state index contributed by atoms with van der Waals surface area (Å²) in [5, 5.41) is 0.632. The quantitative estimate of drug-likeness (QED) is 0.770. The number of halogens is 1. The van der Waals surface area contributed by atoms with Gasteiger partial charge in [-0.2, -0.15) is 0 Å². The molecule has 1 fully saturated rings. The number of rotatable bonds is 6. The lowest BCUT2D eigenvalue weighted by Crippen LogP contribution is -2.25. The van der Waals surface area contributed by atoms with E-state index < -0.39 is 0 Å². The van der Waals surface area contributed by atoms with Crippen molar-refractivity contribution in [3.05, 3.63) is 52.5 Å². The van der Waals surface area contributed by atoms with Crippen molar-refractivity contribution in [1.82, 2.24) is 4.90 Å². The van der Waals surface area contributed by atoms with Gasteiger partial charge in [-0.05, 0) is 48.2 Å². The van der Waals surface area contributed by atoms with Gasteiger partial charge in [0.25, 0.3) is 0 Å². The minimum Gasteiger partial charge on any atom is -0.497 e. The van der Waals surface area contributed by atoms with Crippen LogP contribution in [0.3, 0.4) is 0 Å². The second kappa shape index (κ2) is 7.14. The van der Waals surface area contributed by atoms with Crippen LogP contribution in [-0.4, -0.2) is 31.3 Å². The zero-order valence-corrected chi connectivity index (χ0v) is 15.1. The van der Waals surface area contributed by atoms with E-state index >= 15 is 0 Å². The third-order valence-corrected chi connectivity index (χ3v) is 4.93. The lowest BCUT2D eigenvalue weighted by Gasteiger charge is -2.24. The molecule has 0 radical (unpaired) electrons. The largest absolute Gasteiger partial charge is 0.497 e. The Morgan fingerprint density at radius 3 is 2.48 bits per heavy atom. The van der Waals surface area contributed by atoms with Gasteiger partial charge >= 0.3 is 0 Å². The fourth-order valence-corrected chi connectivity index (χ4v) is 3.50. The molecule has 0 bridgehead atoms. The van der Waals surface area contributed by atoms with Gasteiger partial charge in [-0.25, -0.2) is 0 Å². The Bertz CT molecular complexity index is 743. The highest BCUT2D eigenvalue weighted by Gasteiger charge is 2.29. The van der Waals surface area contributed by atoms with Gasteiger partial charge in [0.05, 0.1) is 12.1 Å². The van der Waals surface area contributed by atoms with Gasteiger partial charge in [-0.15, -0.1) is 0 Å². The molecule has 0 saturated heterocycles. The van der Waals surface area contributed by atoms with E-state index in [4.69, 9.17) is 25.8 Å². The van der Waals surface area contributed by atoms with Crippen LogP contribution < -0.4 is 14.2 Å². The number of benzene rings is 2. The zero-order valence-electron chi connectivity index (χ0n) is 14.3. The van der Waals surface area contributed by atoms with Gasteiger partial charge in [-0.3, -0.25) is 4.90 Å². The highest BCUT2D eigenvalue weighted by Crippen LogP contribution is 2.39. The van der Waals surface area contributed by atoms with Crippen molar-refractivity contribution < 1.29 is 14.2 Å². The van der Waals surface area contributed by atoms with Gasteiger partial charge in [0.2, 0.25) is 0 Å². The van der Waals surface area contributed by atoms with Crippen LogP contribution in [0.5, 0.6) is 17.2 Å². The van der Waals surface area contributed by atoms with E-state index in [-0.39, 0.29) is 0 Å². The summed E-state index contributed by atoms with van der Waals surface area (Å²) in [6.45, 7) is 2.90. The predicted molar refractivity (Wildman–Crippen MR) is 97.7 cm³/mol. The summed E-state index contributed by atoms with van der Waals surface area (Å²) in [7, 11) is 1.69. The van der Waals surface area contributed by atoms with E-state index in [0.29, 0.717) is 30.0 Å². The van der Waals surface area contributed by atoms with Crippen molar-refractivity contribution in [2.45, 2.75) is 32.0 Å². The topological polar surface area (TPSA) is 30.9 Å². The fraction of sp³-hybridized carbons (Fsp3) is 0.400. The highest BCUT2D eigenvalue weighted by molar-refractivity contribution is 6.32. The smallest absolute Gasteiger partial charge is 0.179 e. The minimum atomic E-state index is 0.553. The maximum atomic E-state index is 6.38. The number of hydrogen-bond acceptors (Lipinski definition) is 4. The van der Waals surface area contributed by atoms with Gasteiger partial charge in [0.1, 0.15) is 19.0 Å². The number of nitrogens with zero attached hydrogens (tertiary/aromatic N) is 1. The van der Waals surface area contributed by atoms with Gasteiger partial charge < -0.3 is 14.2 Å². The molecule has 1 saturated carbocycles. The Morgan fingerprint density at radius 2 is 1.76 bits per heavy atom. The van der Waals surface area contributed by atoms with Crippen molar-refractivity contribution in [2.75, 3.05) is 20.3 Å². The molecule has 1 aliphatic carbocycles. The van der Waals surface area contributed by atoms with Gasteiger partial charge in [0, 0.05) is 19.1 Å². The summed E-state index contributed by atoms with van der Waals surface area (Å²) < 4.78 is 16.6. The van der Waals surface area contributed by atoms with Crippen LogP contribution in [0, 0.1) is 0 Å². The lowest BCUT2D eigenvalue weighted by molar-refractivity contribution is 0.171. The van der Waals surface area contributed by atoms with E-state index in [1.54, 1.807) is 7.11 Å². The van der Waals surface area contributed by atoms with E-state index in [1.807, 2.05) is 18.2 Å². The molecule has 0 atom stereocenters. The van der Waals surface area contributed by atoms with Crippen LogP contribution in [0.4, 0.5) is 0 Å². The Balaban J connectivity index is 1.51. The first-order valence-corrected chi connectivity index (χ1v) is 9.06. The Labute approximate surface area is 153 Å². The lowest BCUT2D eigenvalue weighted by atomic mass is 10.1. The molecule has 0 N–H and O–H groups in total. The second-order valence-corrected chi connectivity index (χ2v) is 6.99. The van der Waals surface area contributed by atoms with Crippen LogP contribution >= 0.6 is 11.6 Å². The molecule has 2 aromatic rings. The van der Waals surface area contributed by atoms with E-state index in [9.17, 15) is 0 Å². The molecule has 2 aromatic carbocycles. The monoisotopic (exact) mass is 359 g/mol. The molecule has 132 valence electrons. The SMILES string of the molecule is COc1ccc(CN(Cc2cc(Cl)c3c(c2)OCCO3)C2CC2)cc1. The second-order valence-electron chi connectivity index (χ2n) is 6.59. The predicted octanol–water partition coefficient (Wildman–Crippen LogP) is 4.28. The van der Waals surface area contributed by atoms with E-state index in [2.05, 4.69) is 23.1 Å². The zero-order chi connectivity index (χ0) is 17.2. The number of fused-ring (bicyclic) bond motifs is 1. The van der Waals surface area contributed by atoms with Crippen LogP contribution in [0.1, 0.15) is 24.0 Å². The maximum Gasteiger partial charge on any atom is 0.179 e. The maximum absolute atomic E-state index is 6.38. The summed E-state index contributed by atoms with van der Waals surface area (Å²) in [4.78, 5) is 2.50. The summed E-state index contributed by atoms with van der Waals surface area (Å²) in [6, 6.07) is 13.0. The van der Waals surface area contributed by atoms with Gasteiger partial charge in [0.15, 0.2) is 11.5 Å². The normalized spacial score (nSPS) is 16.1. The third kappa shape index (κ3) is 3.86. The van der Waals surface area contributed by atoms with E-state index in [0.717, 1.165) is 30.2 Å². The first kappa shape index (κ1) is 16.6. The number of methoxy groups -OCH3 is 1. The molecule has 5 heteroatoms. The molecule has 4 rings (SSSR count). The van der Waals surface area contributed by atoms with Crippen LogP contribution in [-0.2, 0) is 13.1 Å². The molecule has 1 aliphatic heterocycles.